The van der Waals surface area contributed by atoms with Crippen LogP contribution in [0.4, 0.5) is 0 Å². The zero-order valence-electron chi connectivity index (χ0n) is 11.5. The first-order chi connectivity index (χ1) is 8.85. The maximum atomic E-state index is 5.75. The Morgan fingerprint density at radius 3 is 2.94 bits per heavy atom. The molecule has 1 heterocycles. The molecular formula is C15H24N2O. The minimum atomic E-state index is 0.532. The van der Waals surface area contributed by atoms with Crippen molar-refractivity contribution < 1.29 is 4.74 Å². The molecule has 1 aliphatic rings. The highest BCUT2D eigenvalue weighted by molar-refractivity contribution is 5.39. The van der Waals surface area contributed by atoms with Gasteiger partial charge in [0.1, 0.15) is 5.75 Å². The summed E-state index contributed by atoms with van der Waals surface area (Å²) in [7, 11) is 2.01. The van der Waals surface area contributed by atoms with Crippen molar-refractivity contribution >= 4 is 0 Å². The summed E-state index contributed by atoms with van der Waals surface area (Å²) in [5, 5.41) is 3.23. The topological polar surface area (TPSA) is 24.5 Å². The molecule has 1 aromatic carbocycles. The molecule has 0 amide bonds. The van der Waals surface area contributed by atoms with Gasteiger partial charge >= 0.3 is 0 Å². The second kappa shape index (κ2) is 6.76. The summed E-state index contributed by atoms with van der Waals surface area (Å²) in [5.74, 6) is 1.61. The van der Waals surface area contributed by atoms with Crippen molar-refractivity contribution in [1.29, 1.82) is 0 Å². The van der Waals surface area contributed by atoms with Crippen molar-refractivity contribution in [1.82, 2.24) is 10.2 Å². The fourth-order valence-corrected chi connectivity index (χ4v) is 2.57. The van der Waals surface area contributed by atoms with E-state index in [0.29, 0.717) is 5.92 Å². The van der Waals surface area contributed by atoms with Gasteiger partial charge in [-0.3, -0.25) is 0 Å². The van der Waals surface area contributed by atoms with Gasteiger partial charge in [-0.05, 0) is 26.1 Å². The van der Waals surface area contributed by atoms with Gasteiger partial charge in [-0.15, -0.1) is 0 Å². The number of fused-ring (bicyclic) bond motifs is 1. The SMILES string of the molecule is CCCN(CCNC)CC1COc2ccccc21. The Labute approximate surface area is 110 Å². The first-order valence-electron chi connectivity index (χ1n) is 6.93. The number of hydrogen-bond donors (Lipinski definition) is 1. The minimum Gasteiger partial charge on any atom is -0.493 e. The summed E-state index contributed by atoms with van der Waals surface area (Å²) < 4.78 is 5.75. The predicted molar refractivity (Wildman–Crippen MR) is 75.3 cm³/mol. The van der Waals surface area contributed by atoms with Crippen LogP contribution in [0.3, 0.4) is 0 Å². The average Bonchev–Trinajstić information content (AvgIpc) is 2.80. The highest BCUT2D eigenvalue weighted by atomic mass is 16.5. The van der Waals surface area contributed by atoms with Gasteiger partial charge in [0, 0.05) is 31.1 Å². The fraction of sp³-hybridized carbons (Fsp3) is 0.600. The molecule has 3 nitrogen and oxygen atoms in total. The van der Waals surface area contributed by atoms with Gasteiger partial charge in [-0.1, -0.05) is 25.1 Å². The Bertz CT molecular complexity index is 367. The van der Waals surface area contributed by atoms with Gasteiger partial charge in [0.2, 0.25) is 0 Å². The molecule has 0 bridgehead atoms. The maximum absolute atomic E-state index is 5.75. The van der Waals surface area contributed by atoms with Crippen LogP contribution in [0.2, 0.25) is 0 Å². The first-order valence-corrected chi connectivity index (χ1v) is 6.93. The molecule has 2 rings (SSSR count). The van der Waals surface area contributed by atoms with Crippen LogP contribution in [0, 0.1) is 0 Å². The van der Waals surface area contributed by atoms with Crippen LogP contribution >= 0.6 is 0 Å². The molecule has 0 spiro atoms. The molecule has 0 radical (unpaired) electrons. The molecular weight excluding hydrogens is 224 g/mol. The number of para-hydroxylation sites is 1. The van der Waals surface area contributed by atoms with E-state index in [4.69, 9.17) is 4.74 Å². The van der Waals surface area contributed by atoms with Gasteiger partial charge in [0.15, 0.2) is 0 Å². The van der Waals surface area contributed by atoms with E-state index in [0.717, 1.165) is 32.0 Å². The van der Waals surface area contributed by atoms with Crippen LogP contribution in [0.25, 0.3) is 0 Å². The van der Waals surface area contributed by atoms with E-state index in [1.807, 2.05) is 13.1 Å². The number of nitrogens with one attached hydrogen (secondary N) is 1. The van der Waals surface area contributed by atoms with Gasteiger partial charge < -0.3 is 15.0 Å². The summed E-state index contributed by atoms with van der Waals surface area (Å²) in [6, 6.07) is 8.44. The Morgan fingerprint density at radius 2 is 2.17 bits per heavy atom. The molecule has 100 valence electrons. The predicted octanol–water partition coefficient (Wildman–Crippen LogP) is 2.09. The lowest BCUT2D eigenvalue weighted by atomic mass is 10.0. The third-order valence-corrected chi connectivity index (χ3v) is 3.50. The van der Waals surface area contributed by atoms with Crippen LogP contribution < -0.4 is 10.1 Å². The van der Waals surface area contributed by atoms with E-state index in [2.05, 4.69) is 35.3 Å². The molecule has 0 saturated heterocycles. The smallest absolute Gasteiger partial charge is 0.122 e. The third kappa shape index (κ3) is 3.24. The van der Waals surface area contributed by atoms with Crippen LogP contribution in [0.15, 0.2) is 24.3 Å². The normalized spacial score (nSPS) is 17.8. The summed E-state index contributed by atoms with van der Waals surface area (Å²) in [6.45, 7) is 7.51. The largest absolute Gasteiger partial charge is 0.493 e. The summed E-state index contributed by atoms with van der Waals surface area (Å²) in [6.07, 6.45) is 1.21. The molecule has 0 aromatic heterocycles. The molecule has 1 aromatic rings. The Morgan fingerprint density at radius 1 is 1.33 bits per heavy atom. The maximum Gasteiger partial charge on any atom is 0.122 e. The summed E-state index contributed by atoms with van der Waals surface area (Å²) in [5.41, 5.74) is 1.38. The van der Waals surface area contributed by atoms with Crippen molar-refractivity contribution in [3.05, 3.63) is 29.8 Å². The van der Waals surface area contributed by atoms with E-state index < -0.39 is 0 Å². The van der Waals surface area contributed by atoms with E-state index in [1.165, 1.54) is 18.5 Å². The lowest BCUT2D eigenvalue weighted by molar-refractivity contribution is 0.234. The number of likely N-dealkylation sites (N-methyl/N-ethyl adjacent to an activating group) is 1. The number of benzene rings is 1. The molecule has 1 aliphatic heterocycles. The third-order valence-electron chi connectivity index (χ3n) is 3.50. The van der Waals surface area contributed by atoms with Crippen LogP contribution in [0.1, 0.15) is 24.8 Å². The fourth-order valence-electron chi connectivity index (χ4n) is 2.57. The molecule has 3 heteroatoms. The van der Waals surface area contributed by atoms with Crippen LogP contribution in [-0.2, 0) is 0 Å². The zero-order valence-corrected chi connectivity index (χ0v) is 11.5. The van der Waals surface area contributed by atoms with Crippen molar-refractivity contribution in [2.75, 3.05) is 39.8 Å². The highest BCUT2D eigenvalue weighted by Crippen LogP contribution is 2.33. The zero-order chi connectivity index (χ0) is 12.8. The molecule has 1 N–H and O–H groups in total. The minimum absolute atomic E-state index is 0.532. The van der Waals surface area contributed by atoms with E-state index >= 15 is 0 Å². The van der Waals surface area contributed by atoms with Crippen molar-refractivity contribution in [2.45, 2.75) is 19.3 Å². The number of hydrogen-bond acceptors (Lipinski definition) is 3. The highest BCUT2D eigenvalue weighted by Gasteiger charge is 2.25. The van der Waals surface area contributed by atoms with Gasteiger partial charge in [-0.2, -0.15) is 0 Å². The lowest BCUT2D eigenvalue weighted by Crippen LogP contribution is -2.35. The van der Waals surface area contributed by atoms with E-state index in [-0.39, 0.29) is 0 Å². The molecule has 0 saturated carbocycles. The molecule has 1 atom stereocenters. The van der Waals surface area contributed by atoms with Crippen LogP contribution in [-0.4, -0.2) is 44.7 Å². The number of ether oxygens (including phenoxy) is 1. The molecule has 18 heavy (non-hydrogen) atoms. The standard InChI is InChI=1S/C15H24N2O/c1-3-9-17(10-8-16-2)11-13-12-18-15-7-5-4-6-14(13)15/h4-7,13,16H,3,8-12H2,1-2H3. The monoisotopic (exact) mass is 248 g/mol. The van der Waals surface area contributed by atoms with E-state index in [1.54, 1.807) is 0 Å². The van der Waals surface area contributed by atoms with Crippen LogP contribution in [0.5, 0.6) is 5.75 Å². The molecule has 0 aliphatic carbocycles. The van der Waals surface area contributed by atoms with E-state index in [9.17, 15) is 0 Å². The van der Waals surface area contributed by atoms with Gasteiger partial charge in [-0.25, -0.2) is 0 Å². The average molecular weight is 248 g/mol. The van der Waals surface area contributed by atoms with Crippen molar-refractivity contribution in [2.24, 2.45) is 0 Å². The lowest BCUT2D eigenvalue weighted by Gasteiger charge is -2.24. The molecule has 0 fully saturated rings. The number of rotatable bonds is 7. The van der Waals surface area contributed by atoms with Crippen molar-refractivity contribution in [3.63, 3.8) is 0 Å². The quantitative estimate of drug-likeness (QED) is 0.799. The second-order valence-electron chi connectivity index (χ2n) is 4.95. The first kappa shape index (κ1) is 13.4. The van der Waals surface area contributed by atoms with Crippen molar-refractivity contribution in [3.8, 4) is 5.75 Å². The Kier molecular flexibility index (Phi) is 5.02. The Balaban J connectivity index is 1.95. The summed E-state index contributed by atoms with van der Waals surface area (Å²) >= 11 is 0. The van der Waals surface area contributed by atoms with Gasteiger partial charge in [0.05, 0.1) is 6.61 Å². The molecule has 1 unspecified atom stereocenters. The van der Waals surface area contributed by atoms with Gasteiger partial charge in [0.25, 0.3) is 0 Å². The Hall–Kier alpha value is -1.06. The number of nitrogens with zero attached hydrogens (tertiary/aromatic N) is 1. The second-order valence-corrected chi connectivity index (χ2v) is 4.95. The summed E-state index contributed by atoms with van der Waals surface area (Å²) in [4.78, 5) is 2.53.